The molecule has 0 aliphatic carbocycles. The van der Waals surface area contributed by atoms with Gasteiger partial charge in [-0.2, -0.15) is 0 Å². The molecule has 2 rings (SSSR count). The maximum absolute atomic E-state index is 6.07. The van der Waals surface area contributed by atoms with E-state index >= 15 is 0 Å². The molecule has 0 radical (unpaired) electrons. The lowest BCUT2D eigenvalue weighted by atomic mass is 9.99. The fourth-order valence-corrected chi connectivity index (χ4v) is 2.26. The predicted octanol–water partition coefficient (Wildman–Crippen LogP) is 3.74. The van der Waals surface area contributed by atoms with Crippen molar-refractivity contribution in [2.45, 2.75) is 19.9 Å². The van der Waals surface area contributed by atoms with Gasteiger partial charge in [0.25, 0.3) is 0 Å². The molecule has 0 bridgehead atoms. The summed E-state index contributed by atoms with van der Waals surface area (Å²) in [6.07, 6.45) is 1.85. The Labute approximate surface area is 113 Å². The molecule has 1 aromatic heterocycles. The summed E-state index contributed by atoms with van der Waals surface area (Å²) in [5.41, 5.74) is 3.42. The number of halogens is 1. The van der Waals surface area contributed by atoms with E-state index in [1.165, 1.54) is 11.1 Å². The lowest BCUT2D eigenvalue weighted by Crippen LogP contribution is -2.22. The van der Waals surface area contributed by atoms with Gasteiger partial charge in [-0.25, -0.2) is 0 Å². The molecule has 0 aliphatic rings. The van der Waals surface area contributed by atoms with Crippen LogP contribution in [-0.2, 0) is 0 Å². The molecule has 0 fully saturated rings. The highest BCUT2D eigenvalue weighted by atomic mass is 35.5. The highest BCUT2D eigenvalue weighted by Crippen LogP contribution is 2.24. The van der Waals surface area contributed by atoms with Crippen LogP contribution >= 0.6 is 11.6 Å². The number of rotatable bonds is 4. The highest BCUT2D eigenvalue weighted by Gasteiger charge is 2.13. The second kappa shape index (κ2) is 5.98. The maximum atomic E-state index is 6.07. The van der Waals surface area contributed by atoms with E-state index < -0.39 is 0 Å². The topological polar surface area (TPSA) is 24.9 Å². The van der Waals surface area contributed by atoms with Gasteiger partial charge in [0.1, 0.15) is 0 Å². The van der Waals surface area contributed by atoms with Gasteiger partial charge in [0.15, 0.2) is 0 Å². The summed E-state index contributed by atoms with van der Waals surface area (Å²) in [7, 11) is 0. The zero-order chi connectivity index (χ0) is 13.0. The third-order valence-electron chi connectivity index (χ3n) is 2.84. The molecule has 1 atom stereocenters. The molecule has 3 heteroatoms. The van der Waals surface area contributed by atoms with E-state index in [9.17, 15) is 0 Å². The first kappa shape index (κ1) is 13.1. The SMILES string of the molecule is CCNC(c1cccc(Cl)c1)c1ccnc(C)c1. The predicted molar refractivity (Wildman–Crippen MR) is 75.9 cm³/mol. The van der Waals surface area contributed by atoms with Crippen LogP contribution in [0.4, 0.5) is 0 Å². The van der Waals surface area contributed by atoms with Gasteiger partial charge in [0.2, 0.25) is 0 Å². The molecule has 2 nitrogen and oxygen atoms in total. The molecule has 2 aromatic rings. The van der Waals surface area contributed by atoms with Gasteiger partial charge in [-0.1, -0.05) is 30.7 Å². The van der Waals surface area contributed by atoms with E-state index in [-0.39, 0.29) is 6.04 Å². The van der Waals surface area contributed by atoms with Crippen molar-refractivity contribution in [1.29, 1.82) is 0 Å². The summed E-state index contributed by atoms with van der Waals surface area (Å²) in [6.45, 7) is 5.01. The van der Waals surface area contributed by atoms with Crippen LogP contribution in [0.3, 0.4) is 0 Å². The molecular weight excluding hydrogens is 244 g/mol. The second-order valence-corrected chi connectivity index (χ2v) is 4.71. The average molecular weight is 261 g/mol. The number of nitrogens with zero attached hydrogens (tertiary/aromatic N) is 1. The summed E-state index contributed by atoms with van der Waals surface area (Å²) in [5.74, 6) is 0. The lowest BCUT2D eigenvalue weighted by molar-refractivity contribution is 0.629. The lowest BCUT2D eigenvalue weighted by Gasteiger charge is -2.19. The summed E-state index contributed by atoms with van der Waals surface area (Å²) in [4.78, 5) is 4.24. The zero-order valence-electron chi connectivity index (χ0n) is 10.7. The number of aromatic nitrogens is 1. The van der Waals surface area contributed by atoms with Crippen LogP contribution in [-0.4, -0.2) is 11.5 Å². The van der Waals surface area contributed by atoms with E-state index in [2.05, 4.69) is 29.4 Å². The van der Waals surface area contributed by atoms with Crippen LogP contribution in [0, 0.1) is 6.92 Å². The first-order valence-electron chi connectivity index (χ1n) is 6.12. The van der Waals surface area contributed by atoms with Gasteiger partial charge in [0.05, 0.1) is 6.04 Å². The van der Waals surface area contributed by atoms with E-state index in [1.54, 1.807) is 0 Å². The zero-order valence-corrected chi connectivity index (χ0v) is 11.4. The van der Waals surface area contributed by atoms with Gasteiger partial charge in [0, 0.05) is 16.9 Å². The molecule has 94 valence electrons. The number of aryl methyl sites for hydroxylation is 1. The quantitative estimate of drug-likeness (QED) is 0.906. The average Bonchev–Trinajstić information content (AvgIpc) is 2.36. The minimum atomic E-state index is 0.162. The number of pyridine rings is 1. The fourth-order valence-electron chi connectivity index (χ4n) is 2.07. The van der Waals surface area contributed by atoms with Crippen LogP contribution < -0.4 is 5.32 Å². The Balaban J connectivity index is 2.39. The van der Waals surface area contributed by atoms with E-state index in [0.29, 0.717) is 0 Å². The minimum absolute atomic E-state index is 0.162. The van der Waals surface area contributed by atoms with E-state index in [0.717, 1.165) is 17.3 Å². The molecule has 1 heterocycles. The van der Waals surface area contributed by atoms with Crippen molar-refractivity contribution < 1.29 is 0 Å². The van der Waals surface area contributed by atoms with Crippen molar-refractivity contribution in [2.24, 2.45) is 0 Å². The number of hydrogen-bond donors (Lipinski definition) is 1. The van der Waals surface area contributed by atoms with Crippen molar-refractivity contribution in [1.82, 2.24) is 10.3 Å². The largest absolute Gasteiger partial charge is 0.307 e. The fraction of sp³-hybridized carbons (Fsp3) is 0.267. The standard InChI is InChI=1S/C15H17ClN2/c1-3-17-15(12-5-4-6-14(16)10-12)13-7-8-18-11(2)9-13/h4-10,15,17H,3H2,1-2H3. The Bertz CT molecular complexity index is 480. The van der Waals surface area contributed by atoms with Gasteiger partial charge in [-0.05, 0) is 48.9 Å². The molecule has 0 saturated heterocycles. The Morgan fingerprint density at radius 2 is 2.00 bits per heavy atom. The van der Waals surface area contributed by atoms with Crippen molar-refractivity contribution in [3.8, 4) is 0 Å². The highest BCUT2D eigenvalue weighted by molar-refractivity contribution is 6.30. The molecule has 1 N–H and O–H groups in total. The molecule has 0 saturated carbocycles. The van der Waals surface area contributed by atoms with Gasteiger partial charge in [-0.15, -0.1) is 0 Å². The normalized spacial score (nSPS) is 12.4. The molecule has 0 spiro atoms. The van der Waals surface area contributed by atoms with Gasteiger partial charge < -0.3 is 5.32 Å². The Morgan fingerprint density at radius 1 is 1.22 bits per heavy atom. The van der Waals surface area contributed by atoms with Crippen molar-refractivity contribution in [3.05, 3.63) is 64.4 Å². The van der Waals surface area contributed by atoms with Crippen LogP contribution in [0.5, 0.6) is 0 Å². The molecule has 1 aromatic carbocycles. The van der Waals surface area contributed by atoms with E-state index in [1.807, 2.05) is 37.4 Å². The second-order valence-electron chi connectivity index (χ2n) is 4.28. The van der Waals surface area contributed by atoms with Gasteiger partial charge >= 0.3 is 0 Å². The summed E-state index contributed by atoms with van der Waals surface area (Å²) >= 11 is 6.07. The first-order chi connectivity index (χ1) is 8.70. The Hall–Kier alpha value is -1.38. The molecule has 18 heavy (non-hydrogen) atoms. The minimum Gasteiger partial charge on any atom is -0.307 e. The number of benzene rings is 1. The monoisotopic (exact) mass is 260 g/mol. The van der Waals surface area contributed by atoms with Crippen LogP contribution in [0.2, 0.25) is 5.02 Å². The van der Waals surface area contributed by atoms with Crippen molar-refractivity contribution in [2.75, 3.05) is 6.54 Å². The summed E-state index contributed by atoms with van der Waals surface area (Å²) in [5, 5.41) is 4.25. The van der Waals surface area contributed by atoms with Gasteiger partial charge in [-0.3, -0.25) is 4.98 Å². The number of nitrogens with one attached hydrogen (secondary N) is 1. The molecular formula is C15H17ClN2. The third-order valence-corrected chi connectivity index (χ3v) is 3.08. The number of hydrogen-bond acceptors (Lipinski definition) is 2. The van der Waals surface area contributed by atoms with Crippen molar-refractivity contribution in [3.63, 3.8) is 0 Å². The summed E-state index contributed by atoms with van der Waals surface area (Å²) in [6, 6.07) is 12.3. The first-order valence-corrected chi connectivity index (χ1v) is 6.50. The Morgan fingerprint density at radius 3 is 2.67 bits per heavy atom. The molecule has 1 unspecified atom stereocenters. The Kier molecular flexibility index (Phi) is 4.34. The molecule has 0 aliphatic heterocycles. The summed E-state index contributed by atoms with van der Waals surface area (Å²) < 4.78 is 0. The van der Waals surface area contributed by atoms with Crippen LogP contribution in [0.1, 0.15) is 29.8 Å². The van der Waals surface area contributed by atoms with Crippen LogP contribution in [0.25, 0.3) is 0 Å². The third kappa shape index (κ3) is 3.09. The maximum Gasteiger partial charge on any atom is 0.0578 e. The smallest absolute Gasteiger partial charge is 0.0578 e. The molecule has 0 amide bonds. The van der Waals surface area contributed by atoms with Crippen molar-refractivity contribution >= 4 is 11.6 Å². The van der Waals surface area contributed by atoms with E-state index in [4.69, 9.17) is 11.6 Å². The van der Waals surface area contributed by atoms with Crippen LogP contribution in [0.15, 0.2) is 42.6 Å².